The van der Waals surface area contributed by atoms with Crippen LogP contribution in [0.3, 0.4) is 0 Å². The summed E-state index contributed by atoms with van der Waals surface area (Å²) in [6, 6.07) is 20.6. The topological polar surface area (TPSA) is 59.0 Å². The first-order chi connectivity index (χ1) is 15.9. The minimum absolute atomic E-state index is 0.333. The number of nitrogens with zero attached hydrogens (tertiary/aromatic N) is 1. The van der Waals surface area contributed by atoms with Gasteiger partial charge in [0.15, 0.2) is 6.61 Å². The molecule has 0 aliphatic carbocycles. The van der Waals surface area contributed by atoms with Crippen molar-refractivity contribution >= 4 is 11.7 Å². The monoisotopic (exact) mass is 447 g/mol. The van der Waals surface area contributed by atoms with E-state index in [0.29, 0.717) is 5.75 Å². The van der Waals surface area contributed by atoms with Gasteiger partial charge in [-0.1, -0.05) is 49.7 Å². The molecule has 5 nitrogen and oxygen atoms in total. The molecule has 0 radical (unpaired) electrons. The minimum atomic E-state index is -0.976. The third kappa shape index (κ3) is 6.28. The summed E-state index contributed by atoms with van der Waals surface area (Å²) < 4.78 is 10.7. The smallest absolute Gasteiger partial charge is 0.341 e. The van der Waals surface area contributed by atoms with Crippen molar-refractivity contribution in [3.63, 3.8) is 0 Å². The maximum atomic E-state index is 10.8. The Morgan fingerprint density at radius 1 is 1.03 bits per heavy atom. The molecule has 0 amide bonds. The lowest BCUT2D eigenvalue weighted by Gasteiger charge is -2.28. The van der Waals surface area contributed by atoms with Gasteiger partial charge in [-0.3, -0.25) is 0 Å². The Kier molecular flexibility index (Phi) is 8.36. The van der Waals surface area contributed by atoms with Crippen LogP contribution in [0.1, 0.15) is 36.5 Å². The van der Waals surface area contributed by atoms with Gasteiger partial charge < -0.3 is 19.5 Å². The number of methoxy groups -OCH3 is 1. The van der Waals surface area contributed by atoms with E-state index in [9.17, 15) is 4.79 Å². The maximum Gasteiger partial charge on any atom is 0.341 e. The molecule has 3 aromatic rings. The second kappa shape index (κ2) is 11.4. The number of benzene rings is 3. The van der Waals surface area contributed by atoms with Crippen LogP contribution in [0, 0.1) is 13.8 Å². The highest BCUT2D eigenvalue weighted by atomic mass is 16.5. The molecule has 3 aromatic carbocycles. The highest BCUT2D eigenvalue weighted by Crippen LogP contribution is 2.33. The van der Waals surface area contributed by atoms with Crippen LogP contribution in [-0.4, -0.2) is 31.3 Å². The fourth-order valence-electron chi connectivity index (χ4n) is 4.01. The van der Waals surface area contributed by atoms with Crippen LogP contribution < -0.4 is 14.4 Å². The molecule has 0 aliphatic heterocycles. The summed E-state index contributed by atoms with van der Waals surface area (Å²) in [6.07, 6.45) is 2.22. The number of carboxylic acid groups (broad SMARTS) is 1. The Labute approximate surface area is 196 Å². The Balaban J connectivity index is 1.88. The molecule has 5 heteroatoms. The van der Waals surface area contributed by atoms with Crippen LogP contribution in [0.4, 0.5) is 5.69 Å². The van der Waals surface area contributed by atoms with Gasteiger partial charge in [0, 0.05) is 18.8 Å². The van der Waals surface area contributed by atoms with E-state index >= 15 is 0 Å². The van der Waals surface area contributed by atoms with Crippen molar-refractivity contribution in [1.29, 1.82) is 0 Å². The third-order valence-electron chi connectivity index (χ3n) is 5.79. The average molecular weight is 448 g/mol. The molecule has 33 heavy (non-hydrogen) atoms. The molecule has 0 bridgehead atoms. The predicted octanol–water partition coefficient (Wildman–Crippen LogP) is 6.25. The molecule has 0 heterocycles. The molecular formula is C28H33NO4. The fraction of sp³-hybridized carbons (Fsp3) is 0.321. The number of ether oxygens (including phenoxy) is 2. The number of carbonyl (C=O) groups is 1. The number of anilines is 1. The zero-order valence-corrected chi connectivity index (χ0v) is 19.9. The number of aliphatic carboxylic acids is 1. The van der Waals surface area contributed by atoms with E-state index in [1.54, 1.807) is 7.11 Å². The maximum absolute atomic E-state index is 10.8. The highest BCUT2D eigenvalue weighted by Gasteiger charge is 2.14. The molecule has 0 spiro atoms. The zero-order chi connectivity index (χ0) is 23.8. The molecule has 0 atom stereocenters. The molecule has 0 aromatic heterocycles. The van der Waals surface area contributed by atoms with E-state index in [-0.39, 0.29) is 6.61 Å². The molecular weight excluding hydrogens is 414 g/mol. The van der Waals surface area contributed by atoms with Crippen molar-refractivity contribution in [3.8, 4) is 22.6 Å². The molecule has 1 N–H and O–H groups in total. The van der Waals surface area contributed by atoms with E-state index in [0.717, 1.165) is 37.2 Å². The van der Waals surface area contributed by atoms with Crippen LogP contribution in [-0.2, 0) is 11.3 Å². The van der Waals surface area contributed by atoms with Crippen molar-refractivity contribution in [1.82, 2.24) is 0 Å². The largest absolute Gasteiger partial charge is 0.497 e. The fourth-order valence-corrected chi connectivity index (χ4v) is 4.01. The molecule has 0 saturated carbocycles. The van der Waals surface area contributed by atoms with E-state index in [1.165, 1.54) is 27.9 Å². The summed E-state index contributed by atoms with van der Waals surface area (Å²) in [5.74, 6) is 0.485. The number of carboxylic acids is 1. The number of unbranched alkanes of at least 4 members (excludes halogenated alkanes) is 1. The SMILES string of the molecule is CCCCN(Cc1ccc(OCC(=O)O)c(C)c1)c1cccc(-c2ccc(OC)cc2)c1C. The van der Waals surface area contributed by atoms with Gasteiger partial charge in [-0.2, -0.15) is 0 Å². The number of hydrogen-bond acceptors (Lipinski definition) is 4. The van der Waals surface area contributed by atoms with E-state index in [4.69, 9.17) is 14.6 Å². The van der Waals surface area contributed by atoms with Gasteiger partial charge in [-0.25, -0.2) is 4.79 Å². The number of hydrogen-bond donors (Lipinski definition) is 1. The van der Waals surface area contributed by atoms with Crippen LogP contribution in [0.2, 0.25) is 0 Å². The summed E-state index contributed by atoms with van der Waals surface area (Å²) in [5.41, 5.74) is 6.96. The van der Waals surface area contributed by atoms with Crippen LogP contribution in [0.25, 0.3) is 11.1 Å². The molecule has 0 fully saturated rings. The quantitative estimate of drug-likeness (QED) is 0.376. The third-order valence-corrected chi connectivity index (χ3v) is 5.79. The van der Waals surface area contributed by atoms with Crippen molar-refractivity contribution in [2.24, 2.45) is 0 Å². The second-order valence-electron chi connectivity index (χ2n) is 8.24. The van der Waals surface area contributed by atoms with Crippen molar-refractivity contribution in [2.75, 3.05) is 25.2 Å². The molecule has 174 valence electrons. The second-order valence-corrected chi connectivity index (χ2v) is 8.24. The molecule has 3 rings (SSSR count). The summed E-state index contributed by atoms with van der Waals surface area (Å²) in [5, 5.41) is 8.87. The van der Waals surface area contributed by atoms with E-state index in [1.807, 2.05) is 31.2 Å². The van der Waals surface area contributed by atoms with Crippen LogP contribution in [0.15, 0.2) is 60.7 Å². The van der Waals surface area contributed by atoms with Crippen molar-refractivity contribution in [2.45, 2.75) is 40.2 Å². The first-order valence-electron chi connectivity index (χ1n) is 11.4. The van der Waals surface area contributed by atoms with Gasteiger partial charge in [0.05, 0.1) is 7.11 Å². The summed E-state index contributed by atoms with van der Waals surface area (Å²) >= 11 is 0. The van der Waals surface area contributed by atoms with Crippen LogP contribution in [0.5, 0.6) is 11.5 Å². The predicted molar refractivity (Wildman–Crippen MR) is 133 cm³/mol. The molecule has 0 unspecified atom stereocenters. The van der Waals surface area contributed by atoms with Crippen LogP contribution >= 0.6 is 0 Å². The van der Waals surface area contributed by atoms with Gasteiger partial charge in [0.2, 0.25) is 0 Å². The first-order valence-corrected chi connectivity index (χ1v) is 11.4. The standard InChI is InChI=1S/C28H33NO4/c1-5-6-16-29(18-22-10-15-27(20(2)17-22)33-19-28(30)31)26-9-7-8-25(21(26)3)23-11-13-24(32-4)14-12-23/h7-15,17H,5-6,16,18-19H2,1-4H3,(H,30,31). The molecule has 0 saturated heterocycles. The van der Waals surface area contributed by atoms with E-state index < -0.39 is 5.97 Å². The molecule has 0 aliphatic rings. The lowest BCUT2D eigenvalue weighted by Crippen LogP contribution is -2.25. The first kappa shape index (κ1) is 24.2. The summed E-state index contributed by atoms with van der Waals surface area (Å²) in [6.45, 7) is 7.74. The normalized spacial score (nSPS) is 10.7. The van der Waals surface area contributed by atoms with Gasteiger partial charge in [0.25, 0.3) is 0 Å². The van der Waals surface area contributed by atoms with Gasteiger partial charge >= 0.3 is 5.97 Å². The Morgan fingerprint density at radius 2 is 1.79 bits per heavy atom. The zero-order valence-electron chi connectivity index (χ0n) is 19.9. The number of aryl methyl sites for hydroxylation is 1. The summed E-state index contributed by atoms with van der Waals surface area (Å²) in [4.78, 5) is 13.2. The Bertz CT molecular complexity index is 1080. The van der Waals surface area contributed by atoms with Crippen molar-refractivity contribution in [3.05, 3.63) is 77.4 Å². The Morgan fingerprint density at radius 3 is 2.42 bits per heavy atom. The van der Waals surface area contributed by atoms with Gasteiger partial charge in [-0.05, 0) is 72.4 Å². The van der Waals surface area contributed by atoms with Crippen molar-refractivity contribution < 1.29 is 19.4 Å². The van der Waals surface area contributed by atoms with E-state index in [2.05, 4.69) is 55.1 Å². The lowest BCUT2D eigenvalue weighted by molar-refractivity contribution is -0.139. The minimum Gasteiger partial charge on any atom is -0.497 e. The van der Waals surface area contributed by atoms with Gasteiger partial charge in [0.1, 0.15) is 11.5 Å². The highest BCUT2D eigenvalue weighted by molar-refractivity contribution is 5.74. The van der Waals surface area contributed by atoms with Gasteiger partial charge in [-0.15, -0.1) is 0 Å². The number of rotatable bonds is 11. The summed E-state index contributed by atoms with van der Waals surface area (Å²) in [7, 11) is 1.68. The Hall–Kier alpha value is -3.47. The lowest BCUT2D eigenvalue weighted by atomic mass is 9.98. The average Bonchev–Trinajstić information content (AvgIpc) is 2.81.